The van der Waals surface area contributed by atoms with Crippen LogP contribution in [-0.2, 0) is 32.6 Å². The summed E-state index contributed by atoms with van der Waals surface area (Å²) in [5, 5.41) is 14.9. The van der Waals surface area contributed by atoms with Crippen LogP contribution in [0.1, 0.15) is 24.5 Å². The Labute approximate surface area is 260 Å². The maximum atomic E-state index is 14.2. The van der Waals surface area contributed by atoms with Crippen molar-refractivity contribution in [2.75, 3.05) is 30.8 Å². The van der Waals surface area contributed by atoms with Gasteiger partial charge in [0.2, 0.25) is 21.8 Å². The first-order chi connectivity index (χ1) is 20.3. The summed E-state index contributed by atoms with van der Waals surface area (Å²) >= 11 is 12.3. The molecule has 0 aliphatic heterocycles. The Hall–Kier alpha value is -3.87. The lowest BCUT2D eigenvalue weighted by molar-refractivity contribution is -0.384. The summed E-state index contributed by atoms with van der Waals surface area (Å²) < 4.78 is 32.1. The van der Waals surface area contributed by atoms with Crippen molar-refractivity contribution in [3.05, 3.63) is 98.0 Å². The van der Waals surface area contributed by atoms with E-state index in [1.807, 2.05) is 25.1 Å². The lowest BCUT2D eigenvalue weighted by Crippen LogP contribution is -2.53. The van der Waals surface area contributed by atoms with Gasteiger partial charge in [0.05, 0.1) is 28.3 Å². The van der Waals surface area contributed by atoms with E-state index < -0.39 is 45.0 Å². The number of nitro groups is 1. The average Bonchev–Trinajstić information content (AvgIpc) is 2.97. The summed E-state index contributed by atoms with van der Waals surface area (Å²) in [6.07, 6.45) is 1.65. The van der Waals surface area contributed by atoms with Crippen LogP contribution in [0.4, 0.5) is 11.4 Å². The lowest BCUT2D eigenvalue weighted by atomic mass is 10.0. The number of ether oxygens (including phenoxy) is 1. The molecule has 11 nitrogen and oxygen atoms in total. The van der Waals surface area contributed by atoms with Crippen LogP contribution in [0.2, 0.25) is 10.0 Å². The fourth-order valence-corrected chi connectivity index (χ4v) is 5.50. The van der Waals surface area contributed by atoms with Crippen molar-refractivity contribution >= 4 is 56.4 Å². The fourth-order valence-electron chi connectivity index (χ4n) is 4.34. The minimum Gasteiger partial charge on any atom is -0.495 e. The Balaban J connectivity index is 2.13. The molecule has 0 saturated carbocycles. The van der Waals surface area contributed by atoms with Gasteiger partial charge in [0.25, 0.3) is 5.69 Å². The molecule has 3 aromatic rings. The maximum Gasteiger partial charge on any atom is 0.271 e. The monoisotopic (exact) mass is 650 g/mol. The number of carbonyl (C=O) groups excluding carboxylic acids is 2. The second kappa shape index (κ2) is 15.0. The van der Waals surface area contributed by atoms with Gasteiger partial charge in [-0.3, -0.25) is 24.0 Å². The van der Waals surface area contributed by atoms with Crippen molar-refractivity contribution in [1.29, 1.82) is 0 Å². The van der Waals surface area contributed by atoms with E-state index in [1.54, 1.807) is 30.3 Å². The van der Waals surface area contributed by atoms with Crippen LogP contribution in [0.15, 0.2) is 66.7 Å². The van der Waals surface area contributed by atoms with Crippen molar-refractivity contribution in [2.24, 2.45) is 0 Å². The zero-order chi connectivity index (χ0) is 31.7. The highest BCUT2D eigenvalue weighted by molar-refractivity contribution is 7.92. The van der Waals surface area contributed by atoms with Gasteiger partial charge in [-0.2, -0.15) is 0 Å². The van der Waals surface area contributed by atoms with E-state index in [0.717, 1.165) is 28.3 Å². The summed E-state index contributed by atoms with van der Waals surface area (Å²) in [7, 11) is -2.91. The molecule has 3 aromatic carbocycles. The number of methoxy groups -OCH3 is 1. The van der Waals surface area contributed by atoms with E-state index in [4.69, 9.17) is 27.9 Å². The van der Waals surface area contributed by atoms with E-state index >= 15 is 0 Å². The van der Waals surface area contributed by atoms with Gasteiger partial charge in [-0.15, -0.1) is 0 Å². The number of anilines is 1. The van der Waals surface area contributed by atoms with Crippen LogP contribution in [0, 0.1) is 10.1 Å². The standard InChI is InChI=1S/C29H32Cl2N4O7S/c1-4-14-32-29(37)26(16-20-8-6-5-7-9-20)33(18-21-10-12-23(30)24(31)15-21)28(36)19-34(43(3,40)41)25-17-22(35(38)39)11-13-27(25)42-2/h5-13,15,17,26H,4,14,16,18-19H2,1-3H3,(H,32,37)/t26-/m0/s1. The highest BCUT2D eigenvalue weighted by atomic mass is 35.5. The summed E-state index contributed by atoms with van der Waals surface area (Å²) in [5.41, 5.74) is 0.719. The number of hydrogen-bond acceptors (Lipinski definition) is 7. The molecular weight excluding hydrogens is 619 g/mol. The molecule has 1 atom stereocenters. The van der Waals surface area contributed by atoms with E-state index in [2.05, 4.69) is 5.32 Å². The maximum absolute atomic E-state index is 14.2. The quantitative estimate of drug-likeness (QED) is 0.194. The number of nitrogens with one attached hydrogen (secondary N) is 1. The number of carbonyl (C=O) groups is 2. The predicted octanol–water partition coefficient (Wildman–Crippen LogP) is 4.84. The number of benzene rings is 3. The molecule has 0 spiro atoms. The second-order valence-electron chi connectivity index (χ2n) is 9.65. The second-order valence-corrected chi connectivity index (χ2v) is 12.4. The highest BCUT2D eigenvalue weighted by Crippen LogP contribution is 2.34. The molecular formula is C29H32Cl2N4O7S. The van der Waals surface area contributed by atoms with E-state index in [1.165, 1.54) is 18.1 Å². The minimum absolute atomic E-state index is 0.00128. The zero-order valence-electron chi connectivity index (χ0n) is 23.8. The van der Waals surface area contributed by atoms with Gasteiger partial charge in [0.15, 0.2) is 0 Å². The van der Waals surface area contributed by atoms with Crippen molar-refractivity contribution < 1.29 is 27.7 Å². The smallest absolute Gasteiger partial charge is 0.271 e. The predicted molar refractivity (Wildman–Crippen MR) is 166 cm³/mol. The molecule has 0 bridgehead atoms. The molecule has 0 aromatic heterocycles. The molecule has 43 heavy (non-hydrogen) atoms. The largest absolute Gasteiger partial charge is 0.495 e. The summed E-state index contributed by atoms with van der Waals surface area (Å²) in [6, 6.07) is 16.2. The fraction of sp³-hybridized carbons (Fsp3) is 0.310. The molecule has 0 heterocycles. The third-order valence-corrected chi connectivity index (χ3v) is 8.34. The SMILES string of the molecule is CCCNC(=O)[C@H](Cc1ccccc1)N(Cc1ccc(Cl)c(Cl)c1)C(=O)CN(c1cc([N+](=O)[O-])ccc1OC)S(C)(=O)=O. The van der Waals surface area contributed by atoms with Gasteiger partial charge >= 0.3 is 0 Å². The number of hydrogen-bond donors (Lipinski definition) is 1. The van der Waals surface area contributed by atoms with Crippen molar-refractivity contribution in [2.45, 2.75) is 32.4 Å². The molecule has 0 unspecified atom stereocenters. The van der Waals surface area contributed by atoms with E-state index in [0.29, 0.717) is 23.6 Å². The van der Waals surface area contributed by atoms with Crippen LogP contribution in [0.3, 0.4) is 0 Å². The number of nitro benzene ring substituents is 1. The summed E-state index contributed by atoms with van der Waals surface area (Å²) in [4.78, 5) is 39.8. The first kappa shape index (κ1) is 33.6. The van der Waals surface area contributed by atoms with Crippen molar-refractivity contribution in [1.82, 2.24) is 10.2 Å². The highest BCUT2D eigenvalue weighted by Gasteiger charge is 2.34. The van der Waals surface area contributed by atoms with E-state index in [-0.39, 0.29) is 29.4 Å². The van der Waals surface area contributed by atoms with E-state index in [9.17, 15) is 28.1 Å². The van der Waals surface area contributed by atoms with Gasteiger partial charge in [-0.05, 0) is 35.7 Å². The lowest BCUT2D eigenvalue weighted by Gasteiger charge is -2.33. The number of nitrogens with zero attached hydrogens (tertiary/aromatic N) is 3. The Kier molecular flexibility index (Phi) is 11.8. The Morgan fingerprint density at radius 1 is 1.02 bits per heavy atom. The van der Waals surface area contributed by atoms with Crippen molar-refractivity contribution in [3.8, 4) is 5.75 Å². The van der Waals surface area contributed by atoms with Crippen molar-refractivity contribution in [3.63, 3.8) is 0 Å². The van der Waals surface area contributed by atoms with Crippen LogP contribution in [-0.4, -0.2) is 62.6 Å². The summed E-state index contributed by atoms with van der Waals surface area (Å²) in [6.45, 7) is 1.36. The molecule has 0 radical (unpaired) electrons. The van der Waals surface area contributed by atoms with Gasteiger partial charge in [-0.25, -0.2) is 8.42 Å². The molecule has 0 aliphatic rings. The van der Waals surface area contributed by atoms with Gasteiger partial charge in [0.1, 0.15) is 24.0 Å². The topological polar surface area (TPSA) is 139 Å². The van der Waals surface area contributed by atoms with Crippen LogP contribution < -0.4 is 14.4 Å². The van der Waals surface area contributed by atoms with Crippen LogP contribution in [0.5, 0.6) is 5.75 Å². The normalized spacial score (nSPS) is 11.8. The molecule has 3 rings (SSSR count). The molecule has 0 saturated heterocycles. The van der Waals surface area contributed by atoms with Gasteiger partial charge in [0, 0.05) is 31.6 Å². The van der Waals surface area contributed by atoms with Gasteiger partial charge in [-0.1, -0.05) is 66.5 Å². The molecule has 14 heteroatoms. The zero-order valence-corrected chi connectivity index (χ0v) is 26.2. The molecule has 230 valence electrons. The Morgan fingerprint density at radius 2 is 1.72 bits per heavy atom. The average molecular weight is 652 g/mol. The molecule has 0 aliphatic carbocycles. The van der Waals surface area contributed by atoms with Crippen LogP contribution in [0.25, 0.3) is 0 Å². The number of rotatable bonds is 14. The third kappa shape index (κ3) is 9.06. The molecule has 0 fully saturated rings. The Bertz CT molecular complexity index is 1570. The number of non-ortho nitro benzene ring substituents is 1. The number of sulfonamides is 1. The number of halogens is 2. The first-order valence-corrected chi connectivity index (χ1v) is 15.8. The van der Waals surface area contributed by atoms with Crippen LogP contribution >= 0.6 is 23.2 Å². The minimum atomic E-state index is -4.18. The molecule has 2 amide bonds. The summed E-state index contributed by atoms with van der Waals surface area (Å²) in [5.74, 6) is -1.17. The first-order valence-electron chi connectivity index (χ1n) is 13.2. The Morgan fingerprint density at radius 3 is 2.30 bits per heavy atom. The third-order valence-electron chi connectivity index (χ3n) is 6.48. The van der Waals surface area contributed by atoms with Gasteiger partial charge < -0.3 is 15.0 Å². The molecule has 1 N–H and O–H groups in total. The number of amides is 2.